The van der Waals surface area contributed by atoms with E-state index in [9.17, 15) is 5.11 Å². The average molecular weight is 276 g/mol. The Morgan fingerprint density at radius 2 is 2.10 bits per heavy atom. The molecule has 4 atom stereocenters. The van der Waals surface area contributed by atoms with E-state index in [1.54, 1.807) is 7.11 Å². The lowest BCUT2D eigenvalue weighted by Crippen LogP contribution is -2.35. The second-order valence-corrected chi connectivity index (χ2v) is 6.34. The monoisotopic (exact) mass is 276 g/mol. The van der Waals surface area contributed by atoms with Crippen LogP contribution in [0.5, 0.6) is 11.5 Å². The van der Waals surface area contributed by atoms with Crippen molar-refractivity contribution in [2.45, 2.75) is 51.2 Å². The van der Waals surface area contributed by atoms with Crippen molar-refractivity contribution in [1.82, 2.24) is 0 Å². The molecule has 1 fully saturated rings. The molecule has 1 aliphatic heterocycles. The molecule has 0 saturated heterocycles. The molecule has 0 radical (unpaired) electrons. The zero-order chi connectivity index (χ0) is 14.1. The second kappa shape index (κ2) is 5.65. The van der Waals surface area contributed by atoms with Crippen LogP contribution >= 0.6 is 0 Å². The third kappa shape index (κ3) is 2.64. The SMILES string of the molecule is COc1ccc2c(c1)OC(C1CCCC(C)C1)CC2O. The Morgan fingerprint density at radius 1 is 1.25 bits per heavy atom. The van der Waals surface area contributed by atoms with E-state index in [0.717, 1.165) is 29.4 Å². The molecule has 0 amide bonds. The maximum atomic E-state index is 10.4. The van der Waals surface area contributed by atoms with E-state index in [1.807, 2.05) is 18.2 Å². The minimum Gasteiger partial charge on any atom is -0.497 e. The van der Waals surface area contributed by atoms with Crippen LogP contribution in [0.4, 0.5) is 0 Å². The summed E-state index contributed by atoms with van der Waals surface area (Å²) in [6, 6.07) is 5.70. The lowest BCUT2D eigenvalue weighted by atomic mass is 9.77. The van der Waals surface area contributed by atoms with E-state index >= 15 is 0 Å². The third-order valence-corrected chi connectivity index (χ3v) is 4.82. The highest BCUT2D eigenvalue weighted by atomic mass is 16.5. The molecule has 3 nitrogen and oxygen atoms in total. The lowest BCUT2D eigenvalue weighted by molar-refractivity contribution is 0.0170. The molecule has 1 heterocycles. The fourth-order valence-corrected chi connectivity index (χ4v) is 3.68. The number of fused-ring (bicyclic) bond motifs is 1. The van der Waals surface area contributed by atoms with Gasteiger partial charge in [-0.15, -0.1) is 0 Å². The van der Waals surface area contributed by atoms with E-state index in [-0.39, 0.29) is 6.10 Å². The summed E-state index contributed by atoms with van der Waals surface area (Å²) >= 11 is 0. The molecular weight excluding hydrogens is 252 g/mol. The second-order valence-electron chi connectivity index (χ2n) is 6.34. The topological polar surface area (TPSA) is 38.7 Å². The summed E-state index contributed by atoms with van der Waals surface area (Å²) in [7, 11) is 1.65. The van der Waals surface area contributed by atoms with Crippen LogP contribution in [0.25, 0.3) is 0 Å². The number of benzene rings is 1. The molecule has 1 aliphatic carbocycles. The number of hydrogen-bond acceptors (Lipinski definition) is 3. The zero-order valence-electron chi connectivity index (χ0n) is 12.3. The Labute approximate surface area is 120 Å². The van der Waals surface area contributed by atoms with E-state index in [4.69, 9.17) is 9.47 Å². The van der Waals surface area contributed by atoms with Crippen LogP contribution in [0.15, 0.2) is 18.2 Å². The van der Waals surface area contributed by atoms with Crippen molar-refractivity contribution in [2.75, 3.05) is 7.11 Å². The maximum absolute atomic E-state index is 10.4. The first-order valence-corrected chi connectivity index (χ1v) is 7.70. The van der Waals surface area contributed by atoms with Crippen molar-refractivity contribution in [3.8, 4) is 11.5 Å². The van der Waals surface area contributed by atoms with Gasteiger partial charge in [-0.2, -0.15) is 0 Å². The summed E-state index contributed by atoms with van der Waals surface area (Å²) in [5.41, 5.74) is 0.894. The van der Waals surface area contributed by atoms with Crippen molar-refractivity contribution in [3.63, 3.8) is 0 Å². The zero-order valence-corrected chi connectivity index (χ0v) is 12.3. The smallest absolute Gasteiger partial charge is 0.129 e. The predicted molar refractivity (Wildman–Crippen MR) is 78.1 cm³/mol. The van der Waals surface area contributed by atoms with Gasteiger partial charge in [-0.05, 0) is 36.8 Å². The summed E-state index contributed by atoms with van der Waals surface area (Å²) in [5, 5.41) is 10.4. The number of hydrogen-bond donors (Lipinski definition) is 1. The first-order valence-electron chi connectivity index (χ1n) is 7.70. The van der Waals surface area contributed by atoms with Gasteiger partial charge in [0.1, 0.15) is 17.6 Å². The van der Waals surface area contributed by atoms with Gasteiger partial charge in [-0.25, -0.2) is 0 Å². The van der Waals surface area contributed by atoms with Gasteiger partial charge in [-0.3, -0.25) is 0 Å². The minimum atomic E-state index is -0.410. The van der Waals surface area contributed by atoms with Crippen molar-refractivity contribution in [3.05, 3.63) is 23.8 Å². The summed E-state index contributed by atoms with van der Waals surface area (Å²) in [5.74, 6) is 2.94. The molecule has 110 valence electrons. The van der Waals surface area contributed by atoms with Crippen LogP contribution in [0.3, 0.4) is 0 Å². The van der Waals surface area contributed by atoms with Crippen LogP contribution in [0, 0.1) is 11.8 Å². The van der Waals surface area contributed by atoms with Crippen LogP contribution in [0.2, 0.25) is 0 Å². The minimum absolute atomic E-state index is 0.146. The molecule has 1 saturated carbocycles. The third-order valence-electron chi connectivity index (χ3n) is 4.82. The molecule has 0 bridgehead atoms. The highest BCUT2D eigenvalue weighted by Gasteiger charge is 2.34. The van der Waals surface area contributed by atoms with Gasteiger partial charge in [0.05, 0.1) is 13.2 Å². The number of aliphatic hydroxyl groups excluding tert-OH is 1. The van der Waals surface area contributed by atoms with Crippen LogP contribution in [-0.4, -0.2) is 18.3 Å². The molecule has 4 unspecified atom stereocenters. The van der Waals surface area contributed by atoms with Gasteiger partial charge in [0.2, 0.25) is 0 Å². The van der Waals surface area contributed by atoms with Gasteiger partial charge < -0.3 is 14.6 Å². The first kappa shape index (κ1) is 13.7. The van der Waals surface area contributed by atoms with Gasteiger partial charge in [0.25, 0.3) is 0 Å². The summed E-state index contributed by atoms with van der Waals surface area (Å²) < 4.78 is 11.4. The Balaban J connectivity index is 1.80. The Morgan fingerprint density at radius 3 is 2.85 bits per heavy atom. The normalized spacial score (nSPS) is 33.1. The molecular formula is C17H24O3. The number of methoxy groups -OCH3 is 1. The largest absolute Gasteiger partial charge is 0.497 e. The highest BCUT2D eigenvalue weighted by molar-refractivity contribution is 5.43. The standard InChI is InChI=1S/C17H24O3/c1-11-4-3-5-12(8-11)16-10-15(18)14-7-6-13(19-2)9-17(14)20-16/h6-7,9,11-12,15-16,18H,3-5,8,10H2,1-2H3. The van der Waals surface area contributed by atoms with Gasteiger partial charge in [-0.1, -0.05) is 19.8 Å². The van der Waals surface area contributed by atoms with Gasteiger partial charge >= 0.3 is 0 Å². The molecule has 20 heavy (non-hydrogen) atoms. The quantitative estimate of drug-likeness (QED) is 0.895. The molecule has 2 aliphatic rings. The first-order chi connectivity index (χ1) is 9.67. The molecule has 3 heteroatoms. The maximum Gasteiger partial charge on any atom is 0.129 e. The fourth-order valence-electron chi connectivity index (χ4n) is 3.68. The molecule has 1 aromatic carbocycles. The van der Waals surface area contributed by atoms with Crippen molar-refractivity contribution >= 4 is 0 Å². The Bertz CT molecular complexity index is 471. The average Bonchev–Trinajstić information content (AvgIpc) is 2.46. The fraction of sp³-hybridized carbons (Fsp3) is 0.647. The highest BCUT2D eigenvalue weighted by Crippen LogP contribution is 2.42. The van der Waals surface area contributed by atoms with E-state index < -0.39 is 6.10 Å². The van der Waals surface area contributed by atoms with Crippen molar-refractivity contribution in [1.29, 1.82) is 0 Å². The Kier molecular flexibility index (Phi) is 3.88. The molecule has 3 rings (SSSR count). The van der Waals surface area contributed by atoms with E-state index in [0.29, 0.717) is 5.92 Å². The summed E-state index contributed by atoms with van der Waals surface area (Å²) in [6.45, 7) is 2.32. The molecule has 1 aromatic rings. The molecule has 1 N–H and O–H groups in total. The summed E-state index contributed by atoms with van der Waals surface area (Å²) in [4.78, 5) is 0. The molecule has 0 aromatic heterocycles. The van der Waals surface area contributed by atoms with E-state index in [1.165, 1.54) is 25.7 Å². The van der Waals surface area contributed by atoms with Crippen LogP contribution < -0.4 is 9.47 Å². The Hall–Kier alpha value is -1.22. The van der Waals surface area contributed by atoms with Gasteiger partial charge in [0.15, 0.2) is 0 Å². The van der Waals surface area contributed by atoms with Gasteiger partial charge in [0, 0.05) is 18.1 Å². The van der Waals surface area contributed by atoms with E-state index in [2.05, 4.69) is 6.92 Å². The molecule has 0 spiro atoms. The lowest BCUT2D eigenvalue weighted by Gasteiger charge is -2.38. The summed E-state index contributed by atoms with van der Waals surface area (Å²) in [6.07, 6.45) is 5.51. The van der Waals surface area contributed by atoms with Crippen LogP contribution in [0.1, 0.15) is 50.7 Å². The predicted octanol–water partition coefficient (Wildman–Crippen LogP) is 3.71. The number of rotatable bonds is 2. The van der Waals surface area contributed by atoms with Crippen molar-refractivity contribution < 1.29 is 14.6 Å². The van der Waals surface area contributed by atoms with Crippen molar-refractivity contribution in [2.24, 2.45) is 11.8 Å². The van der Waals surface area contributed by atoms with Crippen LogP contribution in [-0.2, 0) is 0 Å². The number of aliphatic hydroxyl groups is 1. The number of ether oxygens (including phenoxy) is 2.